The van der Waals surface area contributed by atoms with Crippen LogP contribution < -0.4 is 5.32 Å². The van der Waals surface area contributed by atoms with E-state index < -0.39 is 12.2 Å². The maximum atomic E-state index is 11.5. The van der Waals surface area contributed by atoms with E-state index in [0.29, 0.717) is 12.0 Å². The number of nitrogens with zero attached hydrogens (tertiary/aromatic N) is 1. The zero-order chi connectivity index (χ0) is 17.3. The van der Waals surface area contributed by atoms with Gasteiger partial charge in [-0.15, -0.1) is 0 Å². The molecule has 24 heavy (non-hydrogen) atoms. The standard InChI is InChI=1S/C19H28N2O3/c1-13(2)17-19(9-15(16(22)10-19)20-18(23)24-3)12-21(17)11-14-7-5-4-6-8-14/h4-8,13,15-17,22H,9-12H2,1-3H3,(H,20,23)/t15-,16-,17?,19?/m1/s1. The lowest BCUT2D eigenvalue weighted by molar-refractivity contribution is -0.105. The van der Waals surface area contributed by atoms with E-state index in [0.717, 1.165) is 25.9 Å². The molecule has 1 aromatic carbocycles. The molecule has 1 amide bonds. The summed E-state index contributed by atoms with van der Waals surface area (Å²) in [4.78, 5) is 14.0. The van der Waals surface area contributed by atoms with Crippen molar-refractivity contribution in [3.05, 3.63) is 35.9 Å². The van der Waals surface area contributed by atoms with E-state index in [1.807, 2.05) is 6.07 Å². The minimum atomic E-state index is -0.496. The maximum absolute atomic E-state index is 11.5. The lowest BCUT2D eigenvalue weighted by atomic mass is 9.65. The highest BCUT2D eigenvalue weighted by atomic mass is 16.5. The average molecular weight is 332 g/mol. The number of carbonyl (C=O) groups is 1. The molecule has 3 rings (SSSR count). The van der Waals surface area contributed by atoms with Crippen LogP contribution in [0.3, 0.4) is 0 Å². The highest BCUT2D eigenvalue weighted by Crippen LogP contribution is 2.53. The van der Waals surface area contributed by atoms with Gasteiger partial charge in [0.1, 0.15) is 0 Å². The van der Waals surface area contributed by atoms with Gasteiger partial charge in [0, 0.05) is 24.5 Å². The van der Waals surface area contributed by atoms with Crippen molar-refractivity contribution in [1.29, 1.82) is 0 Å². The number of aliphatic hydroxyl groups excluding tert-OH is 1. The largest absolute Gasteiger partial charge is 0.453 e. The SMILES string of the molecule is COC(=O)N[C@@H]1CC2(C[C@H]1O)CN(Cc1ccccc1)C2C(C)C. The number of alkyl carbamates (subject to hydrolysis) is 1. The van der Waals surface area contributed by atoms with Crippen molar-refractivity contribution in [1.82, 2.24) is 10.2 Å². The molecule has 5 heteroatoms. The van der Waals surface area contributed by atoms with Gasteiger partial charge in [0.05, 0.1) is 19.3 Å². The van der Waals surface area contributed by atoms with Gasteiger partial charge >= 0.3 is 6.09 Å². The first-order chi connectivity index (χ1) is 11.4. The van der Waals surface area contributed by atoms with Crippen LogP contribution in [-0.4, -0.2) is 47.9 Å². The number of likely N-dealkylation sites (tertiary alicyclic amines) is 1. The van der Waals surface area contributed by atoms with Crippen molar-refractivity contribution in [2.75, 3.05) is 13.7 Å². The first-order valence-electron chi connectivity index (χ1n) is 8.76. The Bertz CT molecular complexity index is 577. The highest BCUT2D eigenvalue weighted by molar-refractivity contribution is 5.67. The van der Waals surface area contributed by atoms with E-state index in [-0.39, 0.29) is 11.5 Å². The second-order valence-electron chi connectivity index (χ2n) is 7.66. The Balaban J connectivity index is 1.69. The molecule has 132 valence electrons. The Morgan fingerprint density at radius 2 is 2.08 bits per heavy atom. The van der Waals surface area contributed by atoms with Crippen molar-refractivity contribution >= 4 is 6.09 Å². The van der Waals surface area contributed by atoms with Gasteiger partial charge in [-0.25, -0.2) is 4.79 Å². The van der Waals surface area contributed by atoms with Crippen molar-refractivity contribution < 1.29 is 14.6 Å². The zero-order valence-corrected chi connectivity index (χ0v) is 14.7. The van der Waals surface area contributed by atoms with Crippen LogP contribution in [0.25, 0.3) is 0 Å². The van der Waals surface area contributed by atoms with Crippen LogP contribution in [0.2, 0.25) is 0 Å². The number of rotatable bonds is 4. The topological polar surface area (TPSA) is 61.8 Å². The number of hydrogen-bond donors (Lipinski definition) is 2. The summed E-state index contributed by atoms with van der Waals surface area (Å²) in [6.07, 6.45) is 0.606. The summed E-state index contributed by atoms with van der Waals surface area (Å²) in [6.45, 7) is 6.41. The van der Waals surface area contributed by atoms with Crippen LogP contribution in [0, 0.1) is 11.3 Å². The lowest BCUT2D eigenvalue weighted by Gasteiger charge is -2.58. The van der Waals surface area contributed by atoms with Crippen molar-refractivity contribution in [2.24, 2.45) is 11.3 Å². The fourth-order valence-corrected chi connectivity index (χ4v) is 4.92. The molecule has 1 saturated heterocycles. The van der Waals surface area contributed by atoms with Gasteiger partial charge in [-0.1, -0.05) is 44.2 Å². The predicted molar refractivity (Wildman–Crippen MR) is 92.5 cm³/mol. The van der Waals surface area contributed by atoms with E-state index in [1.165, 1.54) is 12.7 Å². The smallest absolute Gasteiger partial charge is 0.407 e. The van der Waals surface area contributed by atoms with E-state index in [1.54, 1.807) is 0 Å². The molecule has 0 bridgehead atoms. The number of aliphatic hydroxyl groups is 1. The molecule has 1 aromatic rings. The number of methoxy groups -OCH3 is 1. The molecule has 5 nitrogen and oxygen atoms in total. The van der Waals surface area contributed by atoms with Crippen LogP contribution in [0.5, 0.6) is 0 Å². The highest BCUT2D eigenvalue weighted by Gasteiger charge is 2.59. The predicted octanol–water partition coefficient (Wildman–Crippen LogP) is 2.39. The van der Waals surface area contributed by atoms with Crippen molar-refractivity contribution in [3.63, 3.8) is 0 Å². The van der Waals surface area contributed by atoms with Crippen LogP contribution in [0.1, 0.15) is 32.3 Å². The second kappa shape index (κ2) is 6.73. The number of hydrogen-bond acceptors (Lipinski definition) is 4. The van der Waals surface area contributed by atoms with E-state index >= 15 is 0 Å². The first-order valence-corrected chi connectivity index (χ1v) is 8.76. The van der Waals surface area contributed by atoms with Gasteiger partial charge in [-0.3, -0.25) is 4.90 Å². The van der Waals surface area contributed by atoms with Crippen LogP contribution in [0.4, 0.5) is 4.79 Å². The Hall–Kier alpha value is -1.59. The fraction of sp³-hybridized carbons (Fsp3) is 0.632. The molecule has 2 N–H and O–H groups in total. The Morgan fingerprint density at radius 3 is 2.71 bits per heavy atom. The summed E-state index contributed by atoms with van der Waals surface area (Å²) >= 11 is 0. The van der Waals surface area contributed by atoms with Gasteiger partial charge < -0.3 is 15.2 Å². The third-order valence-corrected chi connectivity index (χ3v) is 5.59. The number of carbonyl (C=O) groups excluding carboxylic acids is 1. The molecule has 0 radical (unpaired) electrons. The third kappa shape index (κ3) is 3.15. The molecule has 2 unspecified atom stereocenters. The average Bonchev–Trinajstić information content (AvgIpc) is 2.85. The minimum absolute atomic E-state index is 0.0913. The first kappa shape index (κ1) is 17.2. The molecule has 1 aliphatic heterocycles. The normalized spacial score (nSPS) is 32.8. The van der Waals surface area contributed by atoms with Gasteiger partial charge in [0.25, 0.3) is 0 Å². The molecule has 1 saturated carbocycles. The van der Waals surface area contributed by atoms with Crippen LogP contribution in [-0.2, 0) is 11.3 Å². The molecule has 1 spiro atoms. The number of ether oxygens (including phenoxy) is 1. The molecule has 1 heterocycles. The Labute approximate surface area is 144 Å². The van der Waals surface area contributed by atoms with E-state index in [9.17, 15) is 9.90 Å². The molecule has 1 aliphatic carbocycles. The van der Waals surface area contributed by atoms with Gasteiger partial charge in [-0.2, -0.15) is 0 Å². The molecule has 4 atom stereocenters. The summed E-state index contributed by atoms with van der Waals surface area (Å²) in [7, 11) is 1.36. The maximum Gasteiger partial charge on any atom is 0.407 e. The van der Waals surface area contributed by atoms with E-state index in [4.69, 9.17) is 0 Å². The quantitative estimate of drug-likeness (QED) is 0.889. The van der Waals surface area contributed by atoms with Gasteiger partial charge in [0.15, 0.2) is 0 Å². The Kier molecular flexibility index (Phi) is 4.83. The molecule has 2 fully saturated rings. The van der Waals surface area contributed by atoms with Crippen molar-refractivity contribution in [3.8, 4) is 0 Å². The number of benzene rings is 1. The molecular formula is C19H28N2O3. The summed E-state index contributed by atoms with van der Waals surface area (Å²) in [5.74, 6) is 0.506. The number of amides is 1. The van der Waals surface area contributed by atoms with Crippen LogP contribution in [0.15, 0.2) is 30.3 Å². The molecule has 0 aromatic heterocycles. The minimum Gasteiger partial charge on any atom is -0.453 e. The van der Waals surface area contributed by atoms with Gasteiger partial charge in [-0.05, 0) is 24.3 Å². The zero-order valence-electron chi connectivity index (χ0n) is 14.7. The lowest BCUT2D eigenvalue weighted by Crippen LogP contribution is -2.65. The fourth-order valence-electron chi connectivity index (χ4n) is 4.92. The summed E-state index contributed by atoms with van der Waals surface area (Å²) in [5.41, 5.74) is 1.41. The molecule has 2 aliphatic rings. The summed E-state index contributed by atoms with van der Waals surface area (Å²) in [5, 5.41) is 13.2. The van der Waals surface area contributed by atoms with Crippen LogP contribution >= 0.6 is 0 Å². The third-order valence-electron chi connectivity index (χ3n) is 5.59. The summed E-state index contributed by atoms with van der Waals surface area (Å²) in [6, 6.07) is 10.7. The number of nitrogens with one attached hydrogen (secondary N) is 1. The van der Waals surface area contributed by atoms with Crippen molar-refractivity contribution in [2.45, 2.75) is 51.4 Å². The second-order valence-corrected chi connectivity index (χ2v) is 7.66. The summed E-state index contributed by atoms with van der Waals surface area (Å²) < 4.78 is 4.68. The van der Waals surface area contributed by atoms with Gasteiger partial charge in [0.2, 0.25) is 0 Å². The molecular weight excluding hydrogens is 304 g/mol. The van der Waals surface area contributed by atoms with E-state index in [2.05, 4.69) is 53.1 Å². The monoisotopic (exact) mass is 332 g/mol. The Morgan fingerprint density at radius 1 is 1.38 bits per heavy atom.